The van der Waals surface area contributed by atoms with Crippen LogP contribution in [0.15, 0.2) is 72.8 Å². The van der Waals surface area contributed by atoms with E-state index in [0.717, 1.165) is 52.7 Å². The zero-order valence-electron chi connectivity index (χ0n) is 26.3. The number of fused-ring (bicyclic) bond motifs is 5. The van der Waals surface area contributed by atoms with E-state index in [4.69, 9.17) is 4.74 Å². The minimum Gasteiger partial charge on any atom is -0.494 e. The summed E-state index contributed by atoms with van der Waals surface area (Å²) in [6.45, 7) is 4.13. The Morgan fingerprint density at radius 1 is 0.978 bits per heavy atom. The van der Waals surface area contributed by atoms with Gasteiger partial charge in [-0.3, -0.25) is 14.4 Å². The molecule has 4 N–H and O–H groups in total. The molecule has 0 saturated carbocycles. The lowest BCUT2D eigenvalue weighted by atomic mass is 9.94. The summed E-state index contributed by atoms with van der Waals surface area (Å²) in [6, 6.07) is 21.6. The van der Waals surface area contributed by atoms with Crippen LogP contribution in [-0.2, 0) is 27.3 Å². The number of hydrogen-bond donors (Lipinski definition) is 4. The molecule has 3 heterocycles. The Bertz CT molecular complexity index is 1640. The molecule has 46 heavy (non-hydrogen) atoms. The molecule has 6 rings (SSSR count). The number of para-hydroxylation sites is 2. The number of nitrogens with zero attached hydrogens (tertiary/aromatic N) is 2. The molecule has 4 aromatic rings. The van der Waals surface area contributed by atoms with Gasteiger partial charge in [-0.05, 0) is 85.9 Å². The molecule has 3 atom stereocenters. The molecule has 3 aromatic carbocycles. The number of ether oxygens (including phenoxy) is 1. The first-order valence-electron chi connectivity index (χ1n) is 16.2. The highest BCUT2D eigenvalue weighted by molar-refractivity contribution is 5.94. The smallest absolute Gasteiger partial charge is 0.243 e. The van der Waals surface area contributed by atoms with Crippen molar-refractivity contribution >= 4 is 34.7 Å². The van der Waals surface area contributed by atoms with Crippen LogP contribution in [0.1, 0.15) is 48.8 Å². The van der Waals surface area contributed by atoms with E-state index in [2.05, 4.69) is 25.9 Å². The van der Waals surface area contributed by atoms with Crippen LogP contribution in [-0.4, -0.2) is 64.4 Å². The van der Waals surface area contributed by atoms with Crippen molar-refractivity contribution in [2.75, 3.05) is 25.0 Å². The second kappa shape index (κ2) is 14.5. The van der Waals surface area contributed by atoms with Gasteiger partial charge in [0.2, 0.25) is 23.7 Å². The van der Waals surface area contributed by atoms with E-state index in [1.165, 1.54) is 0 Å². The summed E-state index contributed by atoms with van der Waals surface area (Å²) in [7, 11) is 0. The van der Waals surface area contributed by atoms with Crippen molar-refractivity contribution in [2.24, 2.45) is 5.92 Å². The van der Waals surface area contributed by atoms with Crippen LogP contribution in [0.4, 0.5) is 5.95 Å². The zero-order chi connectivity index (χ0) is 31.9. The fraction of sp³-hybridized carbons (Fsp3) is 0.389. The topological polar surface area (TPSA) is 128 Å². The van der Waals surface area contributed by atoms with Gasteiger partial charge in [0.25, 0.3) is 0 Å². The number of H-pyrrole nitrogens is 1. The van der Waals surface area contributed by atoms with Crippen molar-refractivity contribution in [1.29, 1.82) is 0 Å². The van der Waals surface area contributed by atoms with Gasteiger partial charge in [0.1, 0.15) is 17.8 Å². The lowest BCUT2D eigenvalue weighted by Gasteiger charge is -2.34. The average molecular weight is 623 g/mol. The largest absolute Gasteiger partial charge is 0.494 e. The van der Waals surface area contributed by atoms with E-state index >= 15 is 0 Å². The number of aryl methyl sites for hydroxylation is 2. The van der Waals surface area contributed by atoms with E-state index in [1.54, 1.807) is 0 Å². The van der Waals surface area contributed by atoms with Gasteiger partial charge >= 0.3 is 0 Å². The Labute approximate surface area is 269 Å². The van der Waals surface area contributed by atoms with Gasteiger partial charge < -0.3 is 30.6 Å². The van der Waals surface area contributed by atoms with Crippen LogP contribution in [0.25, 0.3) is 11.0 Å². The number of carbonyl (C=O) groups excluding carboxylic acids is 3. The monoisotopic (exact) mass is 622 g/mol. The normalized spacial score (nSPS) is 21.5. The predicted octanol–water partition coefficient (Wildman–Crippen LogP) is 4.50. The molecular formula is C36H42N6O4. The van der Waals surface area contributed by atoms with E-state index in [0.29, 0.717) is 50.9 Å². The number of aromatic nitrogens is 2. The highest BCUT2D eigenvalue weighted by atomic mass is 16.5. The molecule has 3 amide bonds. The summed E-state index contributed by atoms with van der Waals surface area (Å²) in [6.07, 6.45) is 3.68. The molecule has 1 aromatic heterocycles. The Morgan fingerprint density at radius 2 is 1.80 bits per heavy atom. The molecule has 1 unspecified atom stereocenters. The summed E-state index contributed by atoms with van der Waals surface area (Å²) < 4.78 is 6.13. The molecule has 0 radical (unpaired) electrons. The Balaban J connectivity index is 1.28. The van der Waals surface area contributed by atoms with Gasteiger partial charge in [-0.2, -0.15) is 0 Å². The Morgan fingerprint density at radius 3 is 2.65 bits per heavy atom. The Hall–Kier alpha value is -4.86. The molecule has 2 aliphatic heterocycles. The standard InChI is InChI=1S/C36H42N6O4/c1-24-13-15-28-20-27(24)22-37-34(44)31(16-14-25-8-3-2-4-9-25)38-35(45)32(41-36-39-29-11-5-6-12-30(29)40-36)21-33(43)42-18-7-10-26(23-42)17-19-46-28/h2-6,8-9,11-13,15,20,26,31-32H,7,10,14,16-19,21-23H2,1H3,(H,37,44)(H,38,45)(H2,39,40,41)/t26?,31-,32-/m0/s1. The van der Waals surface area contributed by atoms with E-state index in [-0.39, 0.29) is 18.2 Å². The first-order chi connectivity index (χ1) is 22.4. The van der Waals surface area contributed by atoms with Crippen molar-refractivity contribution in [1.82, 2.24) is 25.5 Å². The molecule has 0 aliphatic carbocycles. The number of piperidine rings is 1. The lowest BCUT2D eigenvalue weighted by molar-refractivity contribution is -0.136. The molecule has 240 valence electrons. The van der Waals surface area contributed by atoms with Crippen LogP contribution >= 0.6 is 0 Å². The molecule has 2 aliphatic rings. The third-order valence-corrected chi connectivity index (χ3v) is 9.03. The number of rotatable bonds is 5. The summed E-state index contributed by atoms with van der Waals surface area (Å²) in [5.41, 5.74) is 4.63. The van der Waals surface area contributed by atoms with E-state index < -0.39 is 18.0 Å². The van der Waals surface area contributed by atoms with Crippen LogP contribution < -0.4 is 20.7 Å². The Kier molecular flexibility index (Phi) is 9.81. The van der Waals surface area contributed by atoms with Crippen molar-refractivity contribution in [3.05, 3.63) is 89.5 Å². The van der Waals surface area contributed by atoms with Gasteiger partial charge in [0.05, 0.1) is 24.1 Å². The molecule has 10 heteroatoms. The summed E-state index contributed by atoms with van der Waals surface area (Å²) in [4.78, 5) is 51.1. The number of benzene rings is 3. The predicted molar refractivity (Wildman–Crippen MR) is 177 cm³/mol. The molecule has 1 saturated heterocycles. The van der Waals surface area contributed by atoms with Crippen molar-refractivity contribution in [2.45, 2.75) is 64.1 Å². The SMILES string of the molecule is Cc1ccc2cc1CNC(=O)[C@H](CCc1ccccc1)NC(=O)[C@@H](Nc1nc3ccccc3[nH]1)CC(=O)N1CCCC(CCO2)C1. The maximum atomic E-state index is 14.0. The third kappa shape index (κ3) is 7.85. The average Bonchev–Trinajstić information content (AvgIpc) is 3.49. The van der Waals surface area contributed by atoms with Crippen LogP contribution in [0.3, 0.4) is 0 Å². The second-order valence-corrected chi connectivity index (χ2v) is 12.4. The van der Waals surface area contributed by atoms with Crippen molar-refractivity contribution in [3.8, 4) is 5.75 Å². The first-order valence-corrected chi connectivity index (χ1v) is 16.2. The maximum absolute atomic E-state index is 14.0. The molecule has 1 fully saturated rings. The summed E-state index contributed by atoms with van der Waals surface area (Å²) in [5, 5.41) is 9.22. The maximum Gasteiger partial charge on any atom is 0.243 e. The number of carbonyl (C=O) groups is 3. The van der Waals surface area contributed by atoms with E-state index in [1.807, 2.05) is 84.6 Å². The van der Waals surface area contributed by atoms with Crippen LogP contribution in [0.5, 0.6) is 5.75 Å². The number of amides is 3. The van der Waals surface area contributed by atoms with Crippen molar-refractivity contribution < 1.29 is 19.1 Å². The highest BCUT2D eigenvalue weighted by Gasteiger charge is 2.31. The molecule has 0 spiro atoms. The van der Waals surface area contributed by atoms with Crippen molar-refractivity contribution in [3.63, 3.8) is 0 Å². The summed E-state index contributed by atoms with van der Waals surface area (Å²) in [5.74, 6) is 0.647. The quantitative estimate of drug-likeness (QED) is 0.260. The highest BCUT2D eigenvalue weighted by Crippen LogP contribution is 2.24. The second-order valence-electron chi connectivity index (χ2n) is 12.4. The van der Waals surface area contributed by atoms with Gasteiger partial charge in [-0.15, -0.1) is 0 Å². The molecule has 4 bridgehead atoms. The van der Waals surface area contributed by atoms with Gasteiger partial charge in [0.15, 0.2) is 0 Å². The lowest BCUT2D eigenvalue weighted by Crippen LogP contribution is -2.52. The number of imidazole rings is 1. The van der Waals surface area contributed by atoms with Gasteiger partial charge in [0, 0.05) is 19.6 Å². The molecule has 10 nitrogen and oxygen atoms in total. The number of anilines is 1. The number of hydrogen-bond acceptors (Lipinski definition) is 6. The van der Waals surface area contributed by atoms with Gasteiger partial charge in [-0.25, -0.2) is 4.98 Å². The minimum absolute atomic E-state index is 0.0666. The third-order valence-electron chi connectivity index (χ3n) is 9.03. The van der Waals surface area contributed by atoms with Crippen LogP contribution in [0, 0.1) is 12.8 Å². The number of aromatic amines is 1. The first kappa shape index (κ1) is 31.1. The fourth-order valence-corrected chi connectivity index (χ4v) is 6.30. The molecular weight excluding hydrogens is 580 g/mol. The van der Waals surface area contributed by atoms with Crippen LogP contribution in [0.2, 0.25) is 0 Å². The zero-order valence-corrected chi connectivity index (χ0v) is 26.3. The minimum atomic E-state index is -0.943. The summed E-state index contributed by atoms with van der Waals surface area (Å²) >= 11 is 0. The fourth-order valence-electron chi connectivity index (χ4n) is 6.30. The number of nitrogens with one attached hydrogen (secondary N) is 4. The van der Waals surface area contributed by atoms with Gasteiger partial charge in [-0.1, -0.05) is 48.5 Å². The van der Waals surface area contributed by atoms with E-state index in [9.17, 15) is 14.4 Å².